The van der Waals surface area contributed by atoms with E-state index in [2.05, 4.69) is 0 Å². The predicted molar refractivity (Wildman–Crippen MR) is 45.4 cm³/mol. The molecule has 3 N–H and O–H groups in total. The molecule has 0 saturated heterocycles. The molecule has 1 rings (SSSR count). The zero-order chi connectivity index (χ0) is 11.6. The van der Waals surface area contributed by atoms with Crippen LogP contribution in [0.25, 0.3) is 0 Å². The molecule has 15 heavy (non-hydrogen) atoms. The molecule has 2 nitrogen and oxygen atoms in total. The van der Waals surface area contributed by atoms with Gasteiger partial charge in [0.1, 0.15) is 5.82 Å². The van der Waals surface area contributed by atoms with Crippen LogP contribution in [-0.2, 0) is 6.18 Å². The van der Waals surface area contributed by atoms with Crippen LogP contribution < -0.4 is 5.73 Å². The summed E-state index contributed by atoms with van der Waals surface area (Å²) in [7, 11) is 0. The van der Waals surface area contributed by atoms with Crippen LogP contribution in [0.2, 0.25) is 0 Å². The summed E-state index contributed by atoms with van der Waals surface area (Å²) in [5.41, 5.74) is 3.01. The minimum atomic E-state index is -4.70. The average molecular weight is 223 g/mol. The molecule has 84 valence electrons. The first-order chi connectivity index (χ1) is 6.88. The largest absolute Gasteiger partial charge is 0.416 e. The first-order valence-electron chi connectivity index (χ1n) is 4.11. The van der Waals surface area contributed by atoms with E-state index in [4.69, 9.17) is 5.73 Å². The quantitative estimate of drug-likeness (QED) is 0.751. The number of rotatable bonds is 2. The summed E-state index contributed by atoms with van der Waals surface area (Å²) in [5.74, 6) is -1.11. The van der Waals surface area contributed by atoms with Crippen molar-refractivity contribution in [2.24, 2.45) is 5.73 Å². The molecule has 0 unspecified atom stereocenters. The molecule has 1 atom stereocenters. The Morgan fingerprint density at radius 2 is 1.93 bits per heavy atom. The van der Waals surface area contributed by atoms with Gasteiger partial charge in [0.15, 0.2) is 0 Å². The second-order valence-electron chi connectivity index (χ2n) is 2.95. The van der Waals surface area contributed by atoms with Crippen LogP contribution in [0.1, 0.15) is 17.2 Å². The van der Waals surface area contributed by atoms with Crippen LogP contribution in [0.5, 0.6) is 0 Å². The van der Waals surface area contributed by atoms with Crippen molar-refractivity contribution >= 4 is 0 Å². The van der Waals surface area contributed by atoms with Crippen molar-refractivity contribution < 1.29 is 22.7 Å². The average Bonchev–Trinajstić information content (AvgIpc) is 2.15. The molecule has 0 amide bonds. The number of aliphatic hydroxyl groups excluding tert-OH is 1. The van der Waals surface area contributed by atoms with E-state index in [1.165, 1.54) is 0 Å². The SMILES string of the molecule is NC[C@H](O)c1c(F)cccc1C(F)(F)F. The Morgan fingerprint density at radius 1 is 1.33 bits per heavy atom. The molecular formula is C9H9F4NO. The van der Waals surface area contributed by atoms with Gasteiger partial charge in [-0.3, -0.25) is 0 Å². The van der Waals surface area contributed by atoms with Gasteiger partial charge < -0.3 is 10.8 Å². The summed E-state index contributed by atoms with van der Waals surface area (Å²) in [5, 5.41) is 9.19. The monoisotopic (exact) mass is 223 g/mol. The third-order valence-corrected chi connectivity index (χ3v) is 1.91. The zero-order valence-electron chi connectivity index (χ0n) is 7.55. The van der Waals surface area contributed by atoms with E-state index >= 15 is 0 Å². The summed E-state index contributed by atoms with van der Waals surface area (Å²) in [6.07, 6.45) is -6.35. The maximum absolute atomic E-state index is 13.1. The van der Waals surface area contributed by atoms with E-state index in [1.807, 2.05) is 0 Å². The van der Waals surface area contributed by atoms with Crippen molar-refractivity contribution in [3.63, 3.8) is 0 Å². The Bertz CT molecular complexity index is 350. The first-order valence-corrected chi connectivity index (χ1v) is 4.11. The van der Waals surface area contributed by atoms with Crippen molar-refractivity contribution in [2.45, 2.75) is 12.3 Å². The highest BCUT2D eigenvalue weighted by Crippen LogP contribution is 2.35. The van der Waals surface area contributed by atoms with Crippen LogP contribution in [0.3, 0.4) is 0 Å². The highest BCUT2D eigenvalue weighted by molar-refractivity contribution is 5.33. The zero-order valence-corrected chi connectivity index (χ0v) is 7.55. The lowest BCUT2D eigenvalue weighted by atomic mass is 10.0. The number of alkyl halides is 3. The molecule has 0 aliphatic carbocycles. The van der Waals surface area contributed by atoms with Gasteiger partial charge in [-0.15, -0.1) is 0 Å². The molecule has 0 spiro atoms. The smallest absolute Gasteiger partial charge is 0.387 e. The Labute approximate surface area is 83.3 Å². The third kappa shape index (κ3) is 2.45. The standard InChI is InChI=1S/C9H9F4NO/c10-6-3-1-2-5(9(11,12)13)8(6)7(15)4-14/h1-3,7,15H,4,14H2/t7-/m0/s1. The molecule has 0 fully saturated rings. The number of aliphatic hydroxyl groups is 1. The van der Waals surface area contributed by atoms with Crippen LogP contribution in [0, 0.1) is 5.82 Å². The highest BCUT2D eigenvalue weighted by atomic mass is 19.4. The molecule has 0 heterocycles. The Hall–Kier alpha value is -1.14. The molecule has 1 aromatic carbocycles. The van der Waals surface area contributed by atoms with Gasteiger partial charge in [-0.05, 0) is 12.1 Å². The van der Waals surface area contributed by atoms with Gasteiger partial charge in [0.25, 0.3) is 0 Å². The minimum absolute atomic E-state index is 0.468. The van der Waals surface area contributed by atoms with Gasteiger partial charge in [-0.1, -0.05) is 6.07 Å². The molecule has 0 aromatic heterocycles. The van der Waals surface area contributed by atoms with Crippen LogP contribution in [0.4, 0.5) is 17.6 Å². The number of hydrogen-bond acceptors (Lipinski definition) is 2. The number of hydrogen-bond donors (Lipinski definition) is 2. The first kappa shape index (κ1) is 11.9. The third-order valence-electron chi connectivity index (χ3n) is 1.91. The lowest BCUT2D eigenvalue weighted by molar-refractivity contribution is -0.139. The predicted octanol–water partition coefficient (Wildman–Crippen LogP) is 1.84. The molecule has 0 bridgehead atoms. The van der Waals surface area contributed by atoms with Gasteiger partial charge in [0, 0.05) is 12.1 Å². The fraction of sp³-hybridized carbons (Fsp3) is 0.333. The van der Waals surface area contributed by atoms with Crippen molar-refractivity contribution in [1.82, 2.24) is 0 Å². The summed E-state index contributed by atoms with van der Waals surface area (Å²) < 4.78 is 50.3. The van der Waals surface area contributed by atoms with Gasteiger partial charge >= 0.3 is 6.18 Å². The van der Waals surface area contributed by atoms with Crippen LogP contribution in [0.15, 0.2) is 18.2 Å². The van der Waals surface area contributed by atoms with E-state index < -0.39 is 35.8 Å². The molecule has 1 aromatic rings. The van der Waals surface area contributed by atoms with E-state index in [1.54, 1.807) is 0 Å². The molecule has 0 aliphatic rings. The highest BCUT2D eigenvalue weighted by Gasteiger charge is 2.36. The maximum Gasteiger partial charge on any atom is 0.416 e. The summed E-state index contributed by atoms with van der Waals surface area (Å²) in [4.78, 5) is 0. The number of nitrogens with two attached hydrogens (primary N) is 1. The molecule has 0 radical (unpaired) electrons. The second-order valence-corrected chi connectivity index (χ2v) is 2.95. The number of halogens is 4. The van der Waals surface area contributed by atoms with Crippen molar-refractivity contribution in [3.05, 3.63) is 35.1 Å². The van der Waals surface area contributed by atoms with Gasteiger partial charge in [-0.25, -0.2) is 4.39 Å². The van der Waals surface area contributed by atoms with Crippen molar-refractivity contribution in [2.75, 3.05) is 6.54 Å². The minimum Gasteiger partial charge on any atom is -0.387 e. The Kier molecular flexibility index (Phi) is 3.31. The van der Waals surface area contributed by atoms with Gasteiger partial charge in [0.2, 0.25) is 0 Å². The lowest BCUT2D eigenvalue weighted by Gasteiger charge is -2.16. The summed E-state index contributed by atoms with van der Waals surface area (Å²) >= 11 is 0. The topological polar surface area (TPSA) is 46.2 Å². The maximum atomic E-state index is 13.1. The fourth-order valence-electron chi connectivity index (χ4n) is 1.24. The van der Waals surface area contributed by atoms with Crippen molar-refractivity contribution in [3.8, 4) is 0 Å². The fourth-order valence-corrected chi connectivity index (χ4v) is 1.24. The summed E-state index contributed by atoms with van der Waals surface area (Å²) in [6, 6.07) is 2.49. The van der Waals surface area contributed by atoms with Gasteiger partial charge in [-0.2, -0.15) is 13.2 Å². The van der Waals surface area contributed by atoms with E-state index in [0.717, 1.165) is 12.1 Å². The van der Waals surface area contributed by atoms with E-state index in [9.17, 15) is 22.7 Å². The van der Waals surface area contributed by atoms with E-state index in [0.29, 0.717) is 6.07 Å². The number of benzene rings is 1. The lowest BCUT2D eigenvalue weighted by Crippen LogP contribution is -2.19. The molecule has 6 heteroatoms. The molecular weight excluding hydrogens is 214 g/mol. The molecule has 0 saturated carbocycles. The van der Waals surface area contributed by atoms with Crippen molar-refractivity contribution in [1.29, 1.82) is 0 Å². The van der Waals surface area contributed by atoms with Gasteiger partial charge in [0.05, 0.1) is 11.7 Å². The normalized spacial score (nSPS) is 14.0. The van der Waals surface area contributed by atoms with Crippen LogP contribution in [-0.4, -0.2) is 11.7 Å². The summed E-state index contributed by atoms with van der Waals surface area (Å²) in [6.45, 7) is -0.468. The molecule has 0 aliphatic heterocycles. The second kappa shape index (κ2) is 4.16. The van der Waals surface area contributed by atoms with E-state index in [-0.39, 0.29) is 0 Å². The Morgan fingerprint density at radius 3 is 2.40 bits per heavy atom. The van der Waals surface area contributed by atoms with Crippen LogP contribution >= 0.6 is 0 Å². The Balaban J connectivity index is 3.33.